The van der Waals surface area contributed by atoms with Crippen molar-refractivity contribution in [2.75, 3.05) is 6.54 Å². The van der Waals surface area contributed by atoms with Crippen LogP contribution in [0.15, 0.2) is 29.4 Å². The molecule has 0 bridgehead atoms. The third-order valence-corrected chi connectivity index (χ3v) is 3.49. The summed E-state index contributed by atoms with van der Waals surface area (Å²) in [6.07, 6.45) is 1.41. The fraction of sp³-hybridized carbons (Fsp3) is 0.500. The molecule has 0 atom stereocenters. The van der Waals surface area contributed by atoms with E-state index in [1.54, 1.807) is 6.07 Å². The maximum atomic E-state index is 10.2. The van der Waals surface area contributed by atoms with Gasteiger partial charge in [-0.15, -0.1) is 0 Å². The molecular weight excluding hydrogens is 242 g/mol. The van der Waals surface area contributed by atoms with Crippen molar-refractivity contribution in [2.45, 2.75) is 38.8 Å². The van der Waals surface area contributed by atoms with Crippen LogP contribution in [-0.4, -0.2) is 28.3 Å². The smallest absolute Gasteiger partial charge is 0.170 e. The Bertz CT molecular complexity index is 428. The minimum absolute atomic E-state index is 0.0960. The van der Waals surface area contributed by atoms with Gasteiger partial charge in [-0.25, -0.2) is 0 Å². The number of nitrogens with two attached hydrogens (primary N) is 1. The number of hydrogen-bond acceptors (Lipinski definition) is 4. The molecule has 0 saturated heterocycles. The number of oxime groups is 1. The highest BCUT2D eigenvalue weighted by atomic mass is 16.4. The Kier molecular flexibility index (Phi) is 5.79. The van der Waals surface area contributed by atoms with Gasteiger partial charge in [-0.1, -0.05) is 43.3 Å². The summed E-state index contributed by atoms with van der Waals surface area (Å²) in [6, 6.07) is 7.46. The Morgan fingerprint density at radius 3 is 2.53 bits per heavy atom. The van der Waals surface area contributed by atoms with Gasteiger partial charge in [0.2, 0.25) is 0 Å². The molecule has 0 fully saturated rings. The average Bonchev–Trinajstić information content (AvgIpc) is 2.46. The van der Waals surface area contributed by atoms with Crippen molar-refractivity contribution in [3.05, 3.63) is 35.4 Å². The van der Waals surface area contributed by atoms with Crippen LogP contribution in [0.2, 0.25) is 0 Å². The Balaban J connectivity index is 2.69. The first-order valence-electron chi connectivity index (χ1n) is 6.55. The van der Waals surface area contributed by atoms with E-state index in [0.717, 1.165) is 5.56 Å². The molecule has 0 spiro atoms. The van der Waals surface area contributed by atoms with Gasteiger partial charge in [-0.2, -0.15) is 0 Å². The lowest BCUT2D eigenvalue weighted by molar-refractivity contribution is 0.0323. The molecule has 1 aromatic rings. The number of hydrogen-bond donors (Lipinski definition) is 4. The highest BCUT2D eigenvalue weighted by Crippen LogP contribution is 2.14. The predicted octanol–water partition coefficient (Wildman–Crippen LogP) is 1.42. The molecule has 0 amide bonds. The van der Waals surface area contributed by atoms with Crippen molar-refractivity contribution in [3.8, 4) is 0 Å². The van der Waals surface area contributed by atoms with Gasteiger partial charge in [0.05, 0.1) is 5.60 Å². The van der Waals surface area contributed by atoms with Crippen molar-refractivity contribution in [1.29, 1.82) is 0 Å². The molecule has 0 aromatic heterocycles. The zero-order chi connectivity index (χ0) is 14.3. The summed E-state index contributed by atoms with van der Waals surface area (Å²) in [5, 5.41) is 25.2. The molecule has 1 aromatic carbocycles. The van der Waals surface area contributed by atoms with Crippen LogP contribution in [0.5, 0.6) is 0 Å². The van der Waals surface area contributed by atoms with Crippen molar-refractivity contribution in [1.82, 2.24) is 5.32 Å². The number of amidine groups is 1. The second-order valence-corrected chi connectivity index (χ2v) is 4.68. The Morgan fingerprint density at radius 2 is 1.95 bits per heavy atom. The van der Waals surface area contributed by atoms with Crippen LogP contribution in [0, 0.1) is 0 Å². The number of rotatable bonds is 7. The van der Waals surface area contributed by atoms with Gasteiger partial charge >= 0.3 is 0 Å². The van der Waals surface area contributed by atoms with Crippen LogP contribution in [0.3, 0.4) is 0 Å². The molecule has 1 rings (SSSR count). The molecule has 0 heterocycles. The molecule has 106 valence electrons. The summed E-state index contributed by atoms with van der Waals surface area (Å²) in [6.45, 7) is 5.02. The molecule has 0 aliphatic rings. The molecule has 5 N–H and O–H groups in total. The first-order chi connectivity index (χ1) is 9.06. The van der Waals surface area contributed by atoms with Crippen LogP contribution >= 0.6 is 0 Å². The van der Waals surface area contributed by atoms with Crippen molar-refractivity contribution < 1.29 is 10.3 Å². The third-order valence-electron chi connectivity index (χ3n) is 3.49. The van der Waals surface area contributed by atoms with E-state index in [0.29, 0.717) is 31.5 Å². The number of nitrogens with zero attached hydrogens (tertiary/aromatic N) is 1. The standard InChI is InChI=1S/C14H23N3O2/c1-3-14(18,4-2)10-16-9-11-7-5-6-8-12(11)13(15)17-19/h5-8,16,18-19H,3-4,9-10H2,1-2H3,(H2,15,17). The van der Waals surface area contributed by atoms with Gasteiger partial charge in [0, 0.05) is 18.7 Å². The quantitative estimate of drug-likeness (QED) is 0.260. The second kappa shape index (κ2) is 7.11. The topological polar surface area (TPSA) is 90.9 Å². The molecule has 5 heteroatoms. The van der Waals surface area contributed by atoms with Crippen LogP contribution in [0.4, 0.5) is 0 Å². The molecule has 0 aliphatic carbocycles. The van der Waals surface area contributed by atoms with E-state index >= 15 is 0 Å². The summed E-state index contributed by atoms with van der Waals surface area (Å²) < 4.78 is 0. The lowest BCUT2D eigenvalue weighted by Crippen LogP contribution is -2.39. The van der Waals surface area contributed by atoms with E-state index in [1.807, 2.05) is 32.0 Å². The highest BCUT2D eigenvalue weighted by molar-refractivity contribution is 5.98. The van der Waals surface area contributed by atoms with E-state index in [2.05, 4.69) is 10.5 Å². The molecule has 0 saturated carbocycles. The number of nitrogens with one attached hydrogen (secondary N) is 1. The fourth-order valence-electron chi connectivity index (χ4n) is 1.91. The second-order valence-electron chi connectivity index (χ2n) is 4.68. The van der Waals surface area contributed by atoms with Gasteiger partial charge in [0.15, 0.2) is 5.84 Å². The molecule has 19 heavy (non-hydrogen) atoms. The van der Waals surface area contributed by atoms with Crippen molar-refractivity contribution >= 4 is 5.84 Å². The van der Waals surface area contributed by atoms with Crippen molar-refractivity contribution in [3.63, 3.8) is 0 Å². The Labute approximate surface area is 114 Å². The van der Waals surface area contributed by atoms with Gasteiger partial charge in [0.25, 0.3) is 0 Å². The van der Waals surface area contributed by atoms with Gasteiger partial charge < -0.3 is 21.4 Å². The van der Waals surface area contributed by atoms with Gasteiger partial charge in [0.1, 0.15) is 0 Å². The van der Waals surface area contributed by atoms with E-state index in [4.69, 9.17) is 10.9 Å². The highest BCUT2D eigenvalue weighted by Gasteiger charge is 2.21. The van der Waals surface area contributed by atoms with E-state index in [1.165, 1.54) is 0 Å². The summed E-state index contributed by atoms with van der Waals surface area (Å²) >= 11 is 0. The Hall–Kier alpha value is -1.59. The van der Waals surface area contributed by atoms with Crippen LogP contribution in [0.1, 0.15) is 37.8 Å². The maximum Gasteiger partial charge on any atom is 0.170 e. The average molecular weight is 265 g/mol. The monoisotopic (exact) mass is 265 g/mol. The van der Waals surface area contributed by atoms with Gasteiger partial charge in [-0.05, 0) is 18.4 Å². The normalized spacial score (nSPS) is 12.7. The van der Waals surface area contributed by atoms with E-state index in [9.17, 15) is 5.11 Å². The minimum atomic E-state index is -0.675. The molecule has 0 radical (unpaired) electrons. The fourth-order valence-corrected chi connectivity index (χ4v) is 1.91. The first kappa shape index (κ1) is 15.5. The predicted molar refractivity (Wildman–Crippen MR) is 76.2 cm³/mol. The Morgan fingerprint density at radius 1 is 1.32 bits per heavy atom. The summed E-state index contributed by atoms with van der Waals surface area (Å²) in [5.74, 6) is 0.0960. The van der Waals surface area contributed by atoms with Crippen LogP contribution < -0.4 is 11.1 Å². The van der Waals surface area contributed by atoms with Crippen LogP contribution in [0.25, 0.3) is 0 Å². The minimum Gasteiger partial charge on any atom is -0.409 e. The third kappa shape index (κ3) is 4.22. The molecule has 5 nitrogen and oxygen atoms in total. The first-order valence-corrected chi connectivity index (χ1v) is 6.55. The molecule has 0 unspecified atom stereocenters. The van der Waals surface area contributed by atoms with Crippen LogP contribution in [-0.2, 0) is 6.54 Å². The zero-order valence-electron chi connectivity index (χ0n) is 11.6. The number of benzene rings is 1. The van der Waals surface area contributed by atoms with E-state index < -0.39 is 5.60 Å². The zero-order valence-corrected chi connectivity index (χ0v) is 11.6. The SMILES string of the molecule is CCC(O)(CC)CNCc1ccccc1C(N)=NO. The largest absolute Gasteiger partial charge is 0.409 e. The summed E-state index contributed by atoms with van der Waals surface area (Å²) in [5.41, 5.74) is 6.59. The lowest BCUT2D eigenvalue weighted by atomic mass is 9.97. The molecular formula is C14H23N3O2. The number of aliphatic hydroxyl groups is 1. The lowest BCUT2D eigenvalue weighted by Gasteiger charge is -2.25. The summed E-state index contributed by atoms with van der Waals surface area (Å²) in [7, 11) is 0. The van der Waals surface area contributed by atoms with Crippen molar-refractivity contribution in [2.24, 2.45) is 10.9 Å². The van der Waals surface area contributed by atoms with Gasteiger partial charge in [-0.3, -0.25) is 0 Å². The van der Waals surface area contributed by atoms with E-state index in [-0.39, 0.29) is 5.84 Å². The molecule has 0 aliphatic heterocycles. The summed E-state index contributed by atoms with van der Waals surface area (Å²) in [4.78, 5) is 0. The maximum absolute atomic E-state index is 10.2.